The van der Waals surface area contributed by atoms with Gasteiger partial charge in [0, 0.05) is 19.5 Å². The zero-order valence-corrected chi connectivity index (χ0v) is 15.8. The van der Waals surface area contributed by atoms with Gasteiger partial charge in [0.1, 0.15) is 5.76 Å². The maximum absolute atomic E-state index is 6.05. The SMILES string of the molecule is CCC(C)OC1=C(NCCCNCc2cccc(C)c2)CC=CC=C1. The highest BCUT2D eigenvalue weighted by Gasteiger charge is 2.09. The quantitative estimate of drug-likeness (QED) is 0.610. The summed E-state index contributed by atoms with van der Waals surface area (Å²) in [5, 5.41) is 7.08. The molecule has 3 nitrogen and oxygen atoms in total. The van der Waals surface area contributed by atoms with Crippen molar-refractivity contribution < 1.29 is 4.74 Å². The molecule has 0 spiro atoms. The molecule has 2 N–H and O–H groups in total. The summed E-state index contributed by atoms with van der Waals surface area (Å²) in [6.45, 7) is 9.28. The fourth-order valence-electron chi connectivity index (χ4n) is 2.69. The molecule has 0 fully saturated rings. The van der Waals surface area contributed by atoms with E-state index in [4.69, 9.17) is 4.74 Å². The van der Waals surface area contributed by atoms with Crippen LogP contribution in [0.5, 0.6) is 0 Å². The smallest absolute Gasteiger partial charge is 0.138 e. The van der Waals surface area contributed by atoms with E-state index in [1.807, 2.05) is 0 Å². The zero-order valence-electron chi connectivity index (χ0n) is 15.8. The van der Waals surface area contributed by atoms with E-state index in [2.05, 4.69) is 80.0 Å². The third-order valence-electron chi connectivity index (χ3n) is 4.30. The average Bonchev–Trinajstić information content (AvgIpc) is 2.83. The molecule has 0 bridgehead atoms. The van der Waals surface area contributed by atoms with Crippen molar-refractivity contribution in [2.75, 3.05) is 13.1 Å². The molecule has 0 saturated carbocycles. The molecule has 136 valence electrons. The van der Waals surface area contributed by atoms with Crippen LogP contribution in [0.25, 0.3) is 0 Å². The van der Waals surface area contributed by atoms with Gasteiger partial charge in [-0.3, -0.25) is 0 Å². The van der Waals surface area contributed by atoms with Crippen LogP contribution in [0.2, 0.25) is 0 Å². The lowest BCUT2D eigenvalue weighted by Gasteiger charge is -2.18. The Labute approximate surface area is 152 Å². The van der Waals surface area contributed by atoms with Crippen LogP contribution in [0.15, 0.2) is 60.0 Å². The molecule has 0 heterocycles. The molecule has 1 aliphatic carbocycles. The van der Waals surface area contributed by atoms with Crippen LogP contribution in [-0.4, -0.2) is 19.2 Å². The molecule has 1 atom stereocenters. The molecular formula is C22H32N2O. The number of aryl methyl sites for hydroxylation is 1. The Hall–Kier alpha value is -2.00. The van der Waals surface area contributed by atoms with Crippen LogP contribution >= 0.6 is 0 Å². The molecule has 0 saturated heterocycles. The number of ether oxygens (including phenoxy) is 1. The van der Waals surface area contributed by atoms with Crippen molar-refractivity contribution in [1.29, 1.82) is 0 Å². The summed E-state index contributed by atoms with van der Waals surface area (Å²) in [4.78, 5) is 0. The molecule has 0 aromatic heterocycles. The van der Waals surface area contributed by atoms with Gasteiger partial charge in [0.05, 0.1) is 11.8 Å². The highest BCUT2D eigenvalue weighted by atomic mass is 16.5. The Bertz CT molecular complexity index is 616. The third kappa shape index (κ3) is 7.18. The molecule has 0 aliphatic heterocycles. The number of nitrogens with one attached hydrogen (secondary N) is 2. The van der Waals surface area contributed by atoms with Crippen LogP contribution in [0, 0.1) is 6.92 Å². The second-order valence-electron chi connectivity index (χ2n) is 6.62. The molecule has 1 aromatic carbocycles. The molecule has 0 radical (unpaired) electrons. The Balaban J connectivity index is 1.73. The number of hydrogen-bond donors (Lipinski definition) is 2. The Morgan fingerprint density at radius 2 is 2.08 bits per heavy atom. The van der Waals surface area contributed by atoms with Crippen LogP contribution in [-0.2, 0) is 11.3 Å². The van der Waals surface area contributed by atoms with Gasteiger partial charge >= 0.3 is 0 Å². The third-order valence-corrected chi connectivity index (χ3v) is 4.30. The molecule has 1 aromatic rings. The summed E-state index contributed by atoms with van der Waals surface area (Å²) in [5.74, 6) is 0.979. The van der Waals surface area contributed by atoms with E-state index in [9.17, 15) is 0 Å². The van der Waals surface area contributed by atoms with Gasteiger partial charge < -0.3 is 15.4 Å². The first kappa shape index (κ1) is 19.3. The number of rotatable bonds is 10. The van der Waals surface area contributed by atoms with Crippen molar-refractivity contribution in [3.63, 3.8) is 0 Å². The number of allylic oxidation sites excluding steroid dienone is 4. The minimum absolute atomic E-state index is 0.241. The van der Waals surface area contributed by atoms with Crippen molar-refractivity contribution in [2.45, 2.75) is 52.7 Å². The summed E-state index contributed by atoms with van der Waals surface area (Å²) < 4.78 is 6.05. The van der Waals surface area contributed by atoms with Gasteiger partial charge in [-0.2, -0.15) is 0 Å². The highest BCUT2D eigenvalue weighted by molar-refractivity contribution is 5.28. The van der Waals surface area contributed by atoms with E-state index in [0.717, 1.165) is 44.7 Å². The van der Waals surface area contributed by atoms with Crippen molar-refractivity contribution in [3.8, 4) is 0 Å². The van der Waals surface area contributed by atoms with Crippen molar-refractivity contribution in [2.24, 2.45) is 0 Å². The fraction of sp³-hybridized carbons (Fsp3) is 0.455. The monoisotopic (exact) mass is 340 g/mol. The second-order valence-corrected chi connectivity index (χ2v) is 6.62. The number of hydrogen-bond acceptors (Lipinski definition) is 3. The van der Waals surface area contributed by atoms with Gasteiger partial charge in [-0.15, -0.1) is 0 Å². The van der Waals surface area contributed by atoms with E-state index < -0.39 is 0 Å². The summed E-state index contributed by atoms with van der Waals surface area (Å²) in [6, 6.07) is 8.66. The lowest BCUT2D eigenvalue weighted by atomic mass is 10.1. The zero-order chi connectivity index (χ0) is 17.9. The largest absolute Gasteiger partial charge is 0.489 e. The van der Waals surface area contributed by atoms with Crippen LogP contribution in [0.1, 0.15) is 44.2 Å². The maximum atomic E-state index is 6.05. The van der Waals surface area contributed by atoms with Gasteiger partial charge in [-0.05, 0) is 44.9 Å². The summed E-state index contributed by atoms with van der Waals surface area (Å²) in [7, 11) is 0. The first-order valence-corrected chi connectivity index (χ1v) is 9.42. The second kappa shape index (κ2) is 10.8. The van der Waals surface area contributed by atoms with Gasteiger partial charge in [0.25, 0.3) is 0 Å². The topological polar surface area (TPSA) is 33.3 Å². The van der Waals surface area contributed by atoms with Crippen molar-refractivity contribution >= 4 is 0 Å². The van der Waals surface area contributed by atoms with Crippen LogP contribution in [0.3, 0.4) is 0 Å². The summed E-state index contributed by atoms with van der Waals surface area (Å²) in [6.07, 6.45) is 11.6. The standard InChI is InChI=1S/C22H32N2O/c1-4-19(3)25-22-13-7-5-6-12-21(22)24-15-9-14-23-17-20-11-8-10-18(2)16-20/h5-8,10-11,13,16,19,23-24H,4,9,12,14-15,17H2,1-3H3. The Morgan fingerprint density at radius 1 is 1.20 bits per heavy atom. The van der Waals surface area contributed by atoms with E-state index in [1.165, 1.54) is 16.8 Å². The van der Waals surface area contributed by atoms with Gasteiger partial charge in [-0.1, -0.05) is 55.0 Å². The van der Waals surface area contributed by atoms with Crippen LogP contribution < -0.4 is 10.6 Å². The molecule has 25 heavy (non-hydrogen) atoms. The minimum Gasteiger partial charge on any atom is -0.489 e. The molecular weight excluding hydrogens is 308 g/mol. The predicted octanol–water partition coefficient (Wildman–Crippen LogP) is 4.61. The van der Waals surface area contributed by atoms with E-state index >= 15 is 0 Å². The fourth-order valence-corrected chi connectivity index (χ4v) is 2.69. The van der Waals surface area contributed by atoms with E-state index in [0.29, 0.717) is 0 Å². The van der Waals surface area contributed by atoms with E-state index in [1.54, 1.807) is 0 Å². The predicted molar refractivity (Wildman–Crippen MR) is 106 cm³/mol. The molecule has 0 amide bonds. The van der Waals surface area contributed by atoms with Crippen LogP contribution in [0.4, 0.5) is 0 Å². The Morgan fingerprint density at radius 3 is 2.88 bits per heavy atom. The first-order valence-electron chi connectivity index (χ1n) is 9.42. The molecule has 1 aliphatic rings. The summed E-state index contributed by atoms with van der Waals surface area (Å²) >= 11 is 0. The highest BCUT2D eigenvalue weighted by Crippen LogP contribution is 2.16. The minimum atomic E-state index is 0.241. The lowest BCUT2D eigenvalue weighted by Crippen LogP contribution is -2.23. The Kier molecular flexibility index (Phi) is 8.33. The number of benzene rings is 1. The average molecular weight is 341 g/mol. The van der Waals surface area contributed by atoms with E-state index in [-0.39, 0.29) is 6.10 Å². The molecule has 2 rings (SSSR count). The first-order chi connectivity index (χ1) is 12.2. The van der Waals surface area contributed by atoms with Gasteiger partial charge in [-0.25, -0.2) is 0 Å². The molecule has 1 unspecified atom stereocenters. The summed E-state index contributed by atoms with van der Waals surface area (Å²) in [5.41, 5.74) is 3.85. The van der Waals surface area contributed by atoms with Gasteiger partial charge in [0.2, 0.25) is 0 Å². The van der Waals surface area contributed by atoms with Gasteiger partial charge in [0.15, 0.2) is 0 Å². The lowest BCUT2D eigenvalue weighted by molar-refractivity contribution is 0.134. The normalized spacial score (nSPS) is 15.2. The van der Waals surface area contributed by atoms with Crippen molar-refractivity contribution in [1.82, 2.24) is 10.6 Å². The molecule has 3 heteroatoms. The maximum Gasteiger partial charge on any atom is 0.138 e. The van der Waals surface area contributed by atoms with Crippen molar-refractivity contribution in [3.05, 3.63) is 71.2 Å².